The van der Waals surface area contributed by atoms with Crippen molar-refractivity contribution in [3.63, 3.8) is 0 Å². The highest BCUT2D eigenvalue weighted by molar-refractivity contribution is 6.31. The second-order valence-electron chi connectivity index (χ2n) is 2.74. The van der Waals surface area contributed by atoms with Gasteiger partial charge in [0, 0.05) is 10.7 Å². The quantitative estimate of drug-likeness (QED) is 0.691. The van der Waals surface area contributed by atoms with Crippen LogP contribution in [-0.4, -0.2) is 5.71 Å². The van der Waals surface area contributed by atoms with Crippen molar-refractivity contribution < 1.29 is 0 Å². The van der Waals surface area contributed by atoms with Crippen LogP contribution in [0.25, 0.3) is 0 Å². The molecule has 12 heavy (non-hydrogen) atoms. The molecular formula is C10H12ClN. The van der Waals surface area contributed by atoms with Gasteiger partial charge in [0.05, 0.1) is 0 Å². The molecule has 0 spiro atoms. The summed E-state index contributed by atoms with van der Waals surface area (Å²) in [5.41, 5.74) is 1.60. The summed E-state index contributed by atoms with van der Waals surface area (Å²) in [6, 6.07) is 7.45. The van der Waals surface area contributed by atoms with Gasteiger partial charge in [0.1, 0.15) is 0 Å². The van der Waals surface area contributed by atoms with Crippen molar-refractivity contribution in [1.82, 2.24) is 0 Å². The summed E-state index contributed by atoms with van der Waals surface area (Å²) in [6.07, 6.45) is 1.83. The topological polar surface area (TPSA) is 23.9 Å². The van der Waals surface area contributed by atoms with Gasteiger partial charge in [0.15, 0.2) is 0 Å². The zero-order valence-electron chi connectivity index (χ0n) is 7.10. The summed E-state index contributed by atoms with van der Waals surface area (Å²) in [5, 5.41) is 8.37. The molecule has 1 aromatic rings. The van der Waals surface area contributed by atoms with E-state index in [-0.39, 0.29) is 0 Å². The monoisotopic (exact) mass is 181 g/mol. The van der Waals surface area contributed by atoms with Crippen LogP contribution in [0, 0.1) is 5.41 Å². The van der Waals surface area contributed by atoms with Crippen LogP contribution in [0.2, 0.25) is 5.02 Å². The highest BCUT2D eigenvalue weighted by Gasteiger charge is 1.99. The van der Waals surface area contributed by atoms with Gasteiger partial charge in [0.2, 0.25) is 0 Å². The summed E-state index contributed by atoms with van der Waals surface area (Å²) in [5.74, 6) is 0. The van der Waals surface area contributed by atoms with Gasteiger partial charge in [-0.1, -0.05) is 37.1 Å². The van der Waals surface area contributed by atoms with Gasteiger partial charge in [-0.2, -0.15) is 0 Å². The third-order valence-electron chi connectivity index (χ3n) is 1.67. The Bertz CT molecular complexity index is 281. The third-order valence-corrected chi connectivity index (χ3v) is 1.91. The van der Waals surface area contributed by atoms with Crippen molar-refractivity contribution in [3.05, 3.63) is 34.9 Å². The van der Waals surface area contributed by atoms with Crippen molar-refractivity contribution in [2.75, 3.05) is 0 Å². The molecule has 0 unspecified atom stereocenters. The number of hydrogen-bond donors (Lipinski definition) is 1. The Labute approximate surface area is 77.9 Å². The van der Waals surface area contributed by atoms with Crippen LogP contribution in [0.5, 0.6) is 0 Å². The van der Waals surface area contributed by atoms with E-state index in [2.05, 4.69) is 6.92 Å². The van der Waals surface area contributed by atoms with Gasteiger partial charge in [0.25, 0.3) is 0 Å². The maximum Gasteiger partial charge on any atom is 0.0412 e. The minimum absolute atomic E-state index is 0.667. The van der Waals surface area contributed by atoms with Gasteiger partial charge in [-0.25, -0.2) is 0 Å². The Morgan fingerprint density at radius 1 is 1.50 bits per heavy atom. The van der Waals surface area contributed by atoms with Gasteiger partial charge in [-0.3, -0.25) is 0 Å². The fourth-order valence-electron chi connectivity index (χ4n) is 1.07. The summed E-state index contributed by atoms with van der Waals surface area (Å²) in [7, 11) is 0. The van der Waals surface area contributed by atoms with Crippen LogP contribution >= 0.6 is 11.6 Å². The molecule has 2 heteroatoms. The molecule has 0 amide bonds. The molecule has 0 aliphatic carbocycles. The van der Waals surface area contributed by atoms with E-state index in [1.54, 1.807) is 0 Å². The second-order valence-corrected chi connectivity index (χ2v) is 3.18. The summed E-state index contributed by atoms with van der Waals surface area (Å²) in [6.45, 7) is 2.07. The molecule has 1 nitrogen and oxygen atoms in total. The first-order valence-electron chi connectivity index (χ1n) is 4.07. The first-order chi connectivity index (χ1) is 5.74. The van der Waals surface area contributed by atoms with Crippen LogP contribution in [0.15, 0.2) is 24.3 Å². The molecule has 64 valence electrons. The van der Waals surface area contributed by atoms with E-state index >= 15 is 0 Å². The lowest BCUT2D eigenvalue weighted by Gasteiger charge is -2.01. The SMILES string of the molecule is CCCC(=N)c1cccc(Cl)c1. The molecule has 0 aliphatic heterocycles. The molecule has 1 aromatic carbocycles. The Hall–Kier alpha value is -0.820. The predicted molar refractivity (Wildman–Crippen MR) is 53.2 cm³/mol. The van der Waals surface area contributed by atoms with Crippen LogP contribution in [0.4, 0.5) is 0 Å². The van der Waals surface area contributed by atoms with Crippen LogP contribution < -0.4 is 0 Å². The molecule has 0 aromatic heterocycles. The van der Waals surface area contributed by atoms with Gasteiger partial charge >= 0.3 is 0 Å². The lowest BCUT2D eigenvalue weighted by Crippen LogP contribution is -1.97. The average Bonchev–Trinajstić information content (AvgIpc) is 2.05. The van der Waals surface area contributed by atoms with Gasteiger partial charge < -0.3 is 5.41 Å². The number of hydrogen-bond acceptors (Lipinski definition) is 1. The Balaban J connectivity index is 2.81. The maximum atomic E-state index is 7.67. The molecular weight excluding hydrogens is 170 g/mol. The molecule has 1 rings (SSSR count). The van der Waals surface area contributed by atoms with Gasteiger partial charge in [-0.15, -0.1) is 0 Å². The zero-order valence-corrected chi connectivity index (χ0v) is 7.86. The maximum absolute atomic E-state index is 7.67. The lowest BCUT2D eigenvalue weighted by atomic mass is 10.1. The standard InChI is InChI=1S/C10H12ClN/c1-2-4-10(12)8-5-3-6-9(11)7-8/h3,5-7,12H,2,4H2,1H3. The molecule has 0 saturated carbocycles. The number of benzene rings is 1. The van der Waals surface area contributed by atoms with Crippen LogP contribution in [-0.2, 0) is 0 Å². The average molecular weight is 182 g/mol. The largest absolute Gasteiger partial charge is 0.305 e. The van der Waals surface area contributed by atoms with E-state index in [0.29, 0.717) is 10.7 Å². The summed E-state index contributed by atoms with van der Waals surface area (Å²) < 4.78 is 0. The number of halogens is 1. The van der Waals surface area contributed by atoms with Gasteiger partial charge in [-0.05, 0) is 24.1 Å². The number of rotatable bonds is 3. The normalized spacial score (nSPS) is 9.83. The van der Waals surface area contributed by atoms with Crippen LogP contribution in [0.1, 0.15) is 25.3 Å². The molecule has 0 radical (unpaired) electrons. The molecule has 0 heterocycles. The predicted octanol–water partition coefficient (Wildman–Crippen LogP) is 3.51. The molecule has 0 aliphatic rings. The van der Waals surface area contributed by atoms with Crippen molar-refractivity contribution in [2.24, 2.45) is 0 Å². The molecule has 1 N–H and O–H groups in total. The van der Waals surface area contributed by atoms with E-state index in [9.17, 15) is 0 Å². The first-order valence-corrected chi connectivity index (χ1v) is 4.45. The fourth-order valence-corrected chi connectivity index (χ4v) is 1.26. The lowest BCUT2D eigenvalue weighted by molar-refractivity contribution is 0.986. The van der Waals surface area contributed by atoms with E-state index in [0.717, 1.165) is 18.4 Å². The van der Waals surface area contributed by atoms with E-state index < -0.39 is 0 Å². The molecule has 0 saturated heterocycles. The minimum atomic E-state index is 0.667. The van der Waals surface area contributed by atoms with E-state index in [1.165, 1.54) is 0 Å². The van der Waals surface area contributed by atoms with Crippen molar-refractivity contribution in [3.8, 4) is 0 Å². The third kappa shape index (κ3) is 2.35. The van der Waals surface area contributed by atoms with Crippen LogP contribution in [0.3, 0.4) is 0 Å². The van der Waals surface area contributed by atoms with E-state index in [1.807, 2.05) is 24.3 Å². The molecule has 0 atom stereocenters. The fraction of sp³-hybridized carbons (Fsp3) is 0.300. The highest BCUT2D eigenvalue weighted by Crippen LogP contribution is 2.12. The van der Waals surface area contributed by atoms with Crippen molar-refractivity contribution in [1.29, 1.82) is 5.41 Å². The molecule has 0 bridgehead atoms. The first kappa shape index (κ1) is 9.27. The Morgan fingerprint density at radius 3 is 2.83 bits per heavy atom. The minimum Gasteiger partial charge on any atom is -0.305 e. The summed E-state index contributed by atoms with van der Waals surface area (Å²) in [4.78, 5) is 0. The summed E-state index contributed by atoms with van der Waals surface area (Å²) >= 11 is 5.79. The Morgan fingerprint density at radius 2 is 2.25 bits per heavy atom. The van der Waals surface area contributed by atoms with Crippen molar-refractivity contribution >= 4 is 17.3 Å². The van der Waals surface area contributed by atoms with Crippen molar-refractivity contribution in [2.45, 2.75) is 19.8 Å². The number of nitrogens with one attached hydrogen (secondary N) is 1. The highest BCUT2D eigenvalue weighted by atomic mass is 35.5. The Kier molecular flexibility index (Phi) is 3.30. The van der Waals surface area contributed by atoms with E-state index in [4.69, 9.17) is 17.0 Å². The smallest absolute Gasteiger partial charge is 0.0412 e. The molecule has 0 fully saturated rings. The zero-order chi connectivity index (χ0) is 8.97. The second kappa shape index (κ2) is 4.27.